The van der Waals surface area contributed by atoms with E-state index in [1.165, 1.54) is 19.1 Å². The number of carbonyl (C=O) groups excluding carboxylic acids is 1. The number of carboxylic acid groups (broad SMARTS) is 1. The van der Waals surface area contributed by atoms with Crippen molar-refractivity contribution in [3.05, 3.63) is 39.9 Å². The molecule has 90 valence electrons. The lowest BCUT2D eigenvalue weighted by Gasteiger charge is -2.03. The number of Topliss-reactive ketones (excluding diaryl/α,β-unsaturated/α-hetero) is 1. The second kappa shape index (κ2) is 5.84. The first kappa shape index (κ1) is 13.7. The summed E-state index contributed by atoms with van der Waals surface area (Å²) >= 11 is 11.6. The van der Waals surface area contributed by atoms with E-state index in [-0.39, 0.29) is 0 Å². The maximum absolute atomic E-state index is 11.1. The molecule has 1 unspecified atom stereocenters. The van der Waals surface area contributed by atoms with Gasteiger partial charge in [0.1, 0.15) is 11.7 Å². The molecule has 1 aromatic carbocycles. The fourth-order valence-corrected chi connectivity index (χ4v) is 1.70. The molecule has 0 aromatic heterocycles. The van der Waals surface area contributed by atoms with Gasteiger partial charge in [0.05, 0.1) is 0 Å². The zero-order valence-electron chi connectivity index (χ0n) is 8.98. The van der Waals surface area contributed by atoms with Gasteiger partial charge in [-0.2, -0.15) is 0 Å². The van der Waals surface area contributed by atoms with Gasteiger partial charge in [0.2, 0.25) is 0 Å². The lowest BCUT2D eigenvalue weighted by Crippen LogP contribution is -2.18. The molecular weight excluding hydrogens is 263 g/mol. The van der Waals surface area contributed by atoms with E-state index in [4.69, 9.17) is 28.3 Å². The van der Waals surface area contributed by atoms with Crippen LogP contribution in [0, 0.1) is 5.92 Å². The van der Waals surface area contributed by atoms with Crippen molar-refractivity contribution in [2.45, 2.75) is 6.92 Å². The van der Waals surface area contributed by atoms with Crippen molar-refractivity contribution in [1.29, 1.82) is 0 Å². The predicted molar refractivity (Wildman–Crippen MR) is 67.3 cm³/mol. The maximum Gasteiger partial charge on any atom is 0.317 e. The highest BCUT2D eigenvalue weighted by atomic mass is 35.5. The molecule has 0 saturated carbocycles. The Hall–Kier alpha value is -1.32. The van der Waals surface area contributed by atoms with Crippen LogP contribution >= 0.6 is 23.2 Å². The third-order valence-electron chi connectivity index (χ3n) is 2.13. The Balaban J connectivity index is 2.96. The van der Waals surface area contributed by atoms with Gasteiger partial charge in [-0.3, -0.25) is 9.59 Å². The number of hydrogen-bond donors (Lipinski definition) is 1. The standard InChI is InChI=1S/C12H10Cl2O3/c1-7(15)10(12(16)17)5-3-8-2-4-9(13)6-11(8)14/h2-6,10H,1H3,(H,16,17). The van der Waals surface area contributed by atoms with Crippen LogP contribution < -0.4 is 0 Å². The summed E-state index contributed by atoms with van der Waals surface area (Å²) in [6, 6.07) is 4.84. The second-order valence-electron chi connectivity index (χ2n) is 3.45. The number of carboxylic acids is 1. The first-order chi connectivity index (χ1) is 7.91. The minimum atomic E-state index is -1.18. The van der Waals surface area contributed by atoms with E-state index >= 15 is 0 Å². The zero-order valence-corrected chi connectivity index (χ0v) is 10.5. The molecule has 0 fully saturated rings. The van der Waals surface area contributed by atoms with Crippen LogP contribution in [0.2, 0.25) is 10.0 Å². The molecule has 0 aliphatic rings. The summed E-state index contributed by atoms with van der Waals surface area (Å²) in [4.78, 5) is 21.8. The van der Waals surface area contributed by atoms with Crippen molar-refractivity contribution >= 4 is 41.0 Å². The first-order valence-electron chi connectivity index (χ1n) is 4.78. The SMILES string of the molecule is CC(=O)C(C=Cc1ccc(Cl)cc1Cl)C(=O)O. The van der Waals surface area contributed by atoms with Gasteiger partial charge in [-0.15, -0.1) is 0 Å². The molecule has 3 nitrogen and oxygen atoms in total. The van der Waals surface area contributed by atoms with E-state index < -0.39 is 17.7 Å². The quantitative estimate of drug-likeness (QED) is 0.856. The molecule has 0 bridgehead atoms. The molecule has 1 aromatic rings. The number of halogens is 2. The molecule has 0 heterocycles. The molecule has 0 spiro atoms. The Morgan fingerprint density at radius 3 is 2.47 bits per heavy atom. The fraction of sp³-hybridized carbons (Fsp3) is 0.167. The van der Waals surface area contributed by atoms with Gasteiger partial charge in [-0.05, 0) is 24.6 Å². The minimum Gasteiger partial charge on any atom is -0.480 e. The van der Waals surface area contributed by atoms with Crippen molar-refractivity contribution in [2.75, 3.05) is 0 Å². The van der Waals surface area contributed by atoms with Crippen LogP contribution in [0.4, 0.5) is 0 Å². The summed E-state index contributed by atoms with van der Waals surface area (Å²) in [6.45, 7) is 1.23. The Labute approximate surface area is 109 Å². The molecule has 0 saturated heterocycles. The van der Waals surface area contributed by atoms with E-state index in [9.17, 15) is 9.59 Å². The molecule has 0 aliphatic carbocycles. The van der Waals surface area contributed by atoms with Crippen LogP contribution in [0.25, 0.3) is 6.08 Å². The van der Waals surface area contributed by atoms with E-state index in [2.05, 4.69) is 0 Å². The minimum absolute atomic E-state index is 0.404. The summed E-state index contributed by atoms with van der Waals surface area (Å²) in [6.07, 6.45) is 2.80. The summed E-state index contributed by atoms with van der Waals surface area (Å²) in [7, 11) is 0. The monoisotopic (exact) mass is 272 g/mol. The van der Waals surface area contributed by atoms with Gasteiger partial charge in [-0.1, -0.05) is 41.4 Å². The molecular formula is C12H10Cl2O3. The van der Waals surface area contributed by atoms with Crippen molar-refractivity contribution in [3.63, 3.8) is 0 Å². The Bertz CT molecular complexity index is 467. The van der Waals surface area contributed by atoms with Gasteiger partial charge in [0, 0.05) is 10.0 Å². The number of benzene rings is 1. The highest BCUT2D eigenvalue weighted by molar-refractivity contribution is 6.35. The van der Waals surface area contributed by atoms with Crippen LogP contribution in [0.15, 0.2) is 24.3 Å². The first-order valence-corrected chi connectivity index (χ1v) is 5.54. The second-order valence-corrected chi connectivity index (χ2v) is 4.30. The summed E-state index contributed by atoms with van der Waals surface area (Å²) in [5.41, 5.74) is 0.614. The highest BCUT2D eigenvalue weighted by Crippen LogP contribution is 2.22. The van der Waals surface area contributed by atoms with E-state index in [0.717, 1.165) is 0 Å². The van der Waals surface area contributed by atoms with Crippen LogP contribution in [0.3, 0.4) is 0 Å². The molecule has 0 amide bonds. The van der Waals surface area contributed by atoms with Gasteiger partial charge in [0.25, 0.3) is 0 Å². The lowest BCUT2D eigenvalue weighted by molar-refractivity contribution is -0.143. The molecule has 1 rings (SSSR count). The number of ketones is 1. The average Bonchev–Trinajstić information content (AvgIpc) is 2.20. The van der Waals surface area contributed by atoms with Crippen LogP contribution in [-0.4, -0.2) is 16.9 Å². The Kier molecular flexibility index (Phi) is 4.73. The third-order valence-corrected chi connectivity index (χ3v) is 2.70. The molecule has 5 heteroatoms. The topological polar surface area (TPSA) is 54.4 Å². The smallest absolute Gasteiger partial charge is 0.317 e. The molecule has 0 aliphatic heterocycles. The number of carbonyl (C=O) groups is 2. The number of rotatable bonds is 4. The van der Waals surface area contributed by atoms with Crippen LogP contribution in [0.5, 0.6) is 0 Å². The van der Waals surface area contributed by atoms with Crippen molar-refractivity contribution < 1.29 is 14.7 Å². The van der Waals surface area contributed by atoms with Crippen LogP contribution in [0.1, 0.15) is 12.5 Å². The average molecular weight is 273 g/mol. The summed E-state index contributed by atoms with van der Waals surface area (Å²) < 4.78 is 0. The van der Waals surface area contributed by atoms with Gasteiger partial charge in [0.15, 0.2) is 0 Å². The fourth-order valence-electron chi connectivity index (χ4n) is 1.23. The Morgan fingerprint density at radius 2 is 2.00 bits per heavy atom. The van der Waals surface area contributed by atoms with E-state index in [0.29, 0.717) is 15.6 Å². The van der Waals surface area contributed by atoms with E-state index in [1.54, 1.807) is 18.2 Å². The van der Waals surface area contributed by atoms with Gasteiger partial charge >= 0.3 is 5.97 Å². The molecule has 1 atom stereocenters. The number of aliphatic carboxylic acids is 1. The maximum atomic E-state index is 11.1. The highest BCUT2D eigenvalue weighted by Gasteiger charge is 2.18. The third kappa shape index (κ3) is 3.88. The Morgan fingerprint density at radius 1 is 1.35 bits per heavy atom. The van der Waals surface area contributed by atoms with Crippen molar-refractivity contribution in [3.8, 4) is 0 Å². The predicted octanol–water partition coefficient (Wildman–Crippen LogP) is 3.30. The summed E-state index contributed by atoms with van der Waals surface area (Å²) in [5.74, 6) is -2.76. The zero-order chi connectivity index (χ0) is 13.0. The largest absolute Gasteiger partial charge is 0.480 e. The van der Waals surface area contributed by atoms with Gasteiger partial charge in [-0.25, -0.2) is 0 Å². The van der Waals surface area contributed by atoms with E-state index in [1.807, 2.05) is 0 Å². The molecule has 0 radical (unpaired) electrons. The van der Waals surface area contributed by atoms with Crippen molar-refractivity contribution in [2.24, 2.45) is 5.92 Å². The molecule has 1 N–H and O–H groups in total. The van der Waals surface area contributed by atoms with Gasteiger partial charge < -0.3 is 5.11 Å². The summed E-state index contributed by atoms with van der Waals surface area (Å²) in [5, 5.41) is 9.71. The normalized spacial score (nSPS) is 12.6. The molecule has 17 heavy (non-hydrogen) atoms. The van der Waals surface area contributed by atoms with Crippen LogP contribution in [-0.2, 0) is 9.59 Å². The lowest BCUT2D eigenvalue weighted by atomic mass is 10.0. The number of hydrogen-bond acceptors (Lipinski definition) is 2. The van der Waals surface area contributed by atoms with Crippen molar-refractivity contribution in [1.82, 2.24) is 0 Å².